The van der Waals surface area contributed by atoms with E-state index in [0.717, 1.165) is 9.75 Å². The molecule has 2 amide bonds. The molecule has 7 nitrogen and oxygen atoms in total. The van der Waals surface area contributed by atoms with Crippen molar-refractivity contribution in [3.63, 3.8) is 0 Å². The van der Waals surface area contributed by atoms with E-state index in [4.69, 9.17) is 0 Å². The molecule has 0 saturated carbocycles. The Labute approximate surface area is 172 Å². The Morgan fingerprint density at radius 3 is 2.38 bits per heavy atom. The number of carbonyl (C=O) groups excluding carboxylic acids is 2. The highest BCUT2D eigenvalue weighted by Gasteiger charge is 2.26. The number of hydrogen-bond acceptors (Lipinski definition) is 5. The van der Waals surface area contributed by atoms with Crippen LogP contribution in [0, 0.1) is 13.8 Å². The molecule has 29 heavy (non-hydrogen) atoms. The van der Waals surface area contributed by atoms with Crippen molar-refractivity contribution < 1.29 is 9.59 Å². The largest absolute Gasteiger partial charge is 0.338 e. The summed E-state index contributed by atoms with van der Waals surface area (Å²) in [5.74, 6) is 0.399. The van der Waals surface area contributed by atoms with Gasteiger partial charge in [-0.25, -0.2) is 4.98 Å². The molecule has 3 aromatic rings. The normalized spacial score (nSPS) is 14.4. The first-order chi connectivity index (χ1) is 13.9. The van der Waals surface area contributed by atoms with Gasteiger partial charge < -0.3 is 9.80 Å². The SMILES string of the molecule is Cc1ccc(C(=O)N2CCN(C(=O)Cn3c(C)nc4ccccc4c3=O)CC2)s1. The van der Waals surface area contributed by atoms with Crippen LogP contribution in [0.1, 0.15) is 20.4 Å². The van der Waals surface area contributed by atoms with Gasteiger partial charge in [-0.05, 0) is 38.1 Å². The molecule has 0 bridgehead atoms. The minimum Gasteiger partial charge on any atom is -0.338 e. The van der Waals surface area contributed by atoms with Crippen LogP contribution in [0.4, 0.5) is 0 Å². The molecule has 1 saturated heterocycles. The van der Waals surface area contributed by atoms with Gasteiger partial charge in [-0.2, -0.15) is 0 Å². The number of piperazine rings is 1. The lowest BCUT2D eigenvalue weighted by atomic mass is 10.2. The molecule has 0 spiro atoms. The smallest absolute Gasteiger partial charge is 0.264 e. The Balaban J connectivity index is 1.44. The fourth-order valence-corrected chi connectivity index (χ4v) is 4.40. The standard InChI is InChI=1S/C21H22N4O3S/c1-14-7-8-18(29-14)21(28)24-11-9-23(10-12-24)19(26)13-25-15(2)22-17-6-4-3-5-16(17)20(25)27/h3-8H,9-13H2,1-2H3. The Morgan fingerprint density at radius 2 is 1.69 bits per heavy atom. The molecule has 8 heteroatoms. The van der Waals surface area contributed by atoms with Gasteiger partial charge in [0.05, 0.1) is 15.8 Å². The fraction of sp³-hybridized carbons (Fsp3) is 0.333. The summed E-state index contributed by atoms with van der Waals surface area (Å²) in [7, 11) is 0. The Hall–Kier alpha value is -3.00. The highest BCUT2D eigenvalue weighted by atomic mass is 32.1. The van der Waals surface area contributed by atoms with Crippen LogP contribution in [0.5, 0.6) is 0 Å². The summed E-state index contributed by atoms with van der Waals surface area (Å²) in [6, 6.07) is 10.9. The van der Waals surface area contributed by atoms with Crippen LogP contribution in [-0.2, 0) is 11.3 Å². The van der Waals surface area contributed by atoms with Crippen molar-refractivity contribution in [1.82, 2.24) is 19.4 Å². The zero-order chi connectivity index (χ0) is 20.5. The minimum atomic E-state index is -0.205. The number of fused-ring (bicyclic) bond motifs is 1. The van der Waals surface area contributed by atoms with Crippen LogP contribution in [0.15, 0.2) is 41.2 Å². The third-order valence-corrected chi connectivity index (χ3v) is 6.21. The fourth-order valence-electron chi connectivity index (χ4n) is 3.56. The average molecular weight is 410 g/mol. The lowest BCUT2D eigenvalue weighted by Gasteiger charge is -2.34. The Bertz CT molecular complexity index is 1140. The molecule has 0 unspecified atom stereocenters. The van der Waals surface area contributed by atoms with Gasteiger partial charge in [0, 0.05) is 31.1 Å². The minimum absolute atomic E-state index is 0.0148. The number of nitrogens with zero attached hydrogens (tertiary/aromatic N) is 4. The van der Waals surface area contributed by atoms with Gasteiger partial charge in [0.15, 0.2) is 0 Å². The monoisotopic (exact) mass is 410 g/mol. The number of aromatic nitrogens is 2. The van der Waals surface area contributed by atoms with E-state index < -0.39 is 0 Å². The summed E-state index contributed by atoms with van der Waals surface area (Å²) in [4.78, 5) is 47.9. The lowest BCUT2D eigenvalue weighted by molar-refractivity contribution is -0.133. The maximum absolute atomic E-state index is 12.8. The van der Waals surface area contributed by atoms with Crippen molar-refractivity contribution in [2.24, 2.45) is 0 Å². The first kappa shape index (κ1) is 19.3. The summed E-state index contributed by atoms with van der Waals surface area (Å²) < 4.78 is 1.43. The number of benzene rings is 1. The van der Waals surface area contributed by atoms with Crippen molar-refractivity contribution in [3.8, 4) is 0 Å². The van der Waals surface area contributed by atoms with Crippen LogP contribution in [0.3, 0.4) is 0 Å². The van der Waals surface area contributed by atoms with Crippen LogP contribution in [-0.4, -0.2) is 57.3 Å². The molecule has 4 rings (SSSR count). The van der Waals surface area contributed by atoms with E-state index in [9.17, 15) is 14.4 Å². The maximum atomic E-state index is 12.8. The van der Waals surface area contributed by atoms with Crippen molar-refractivity contribution >= 4 is 34.1 Å². The molecule has 2 aromatic heterocycles. The van der Waals surface area contributed by atoms with E-state index in [1.807, 2.05) is 25.1 Å². The van der Waals surface area contributed by atoms with Gasteiger partial charge in [-0.3, -0.25) is 19.0 Å². The molecule has 0 N–H and O–H groups in total. The van der Waals surface area contributed by atoms with E-state index in [0.29, 0.717) is 42.9 Å². The summed E-state index contributed by atoms with van der Waals surface area (Å²) in [6.45, 7) is 5.58. The van der Waals surface area contributed by atoms with E-state index in [1.165, 1.54) is 15.9 Å². The number of thiophene rings is 1. The van der Waals surface area contributed by atoms with Crippen molar-refractivity contribution in [3.05, 3.63) is 62.3 Å². The number of carbonyl (C=O) groups is 2. The predicted octanol–water partition coefficient (Wildman–Crippen LogP) is 2.06. The molecule has 0 atom stereocenters. The van der Waals surface area contributed by atoms with Crippen LogP contribution in [0.25, 0.3) is 10.9 Å². The molecule has 0 radical (unpaired) electrons. The first-order valence-corrected chi connectivity index (χ1v) is 10.4. The summed E-state index contributed by atoms with van der Waals surface area (Å²) >= 11 is 1.49. The van der Waals surface area contributed by atoms with Gasteiger partial charge in [-0.1, -0.05) is 12.1 Å². The first-order valence-electron chi connectivity index (χ1n) is 9.53. The summed E-state index contributed by atoms with van der Waals surface area (Å²) in [5.41, 5.74) is 0.429. The molecule has 0 aliphatic carbocycles. The zero-order valence-corrected chi connectivity index (χ0v) is 17.2. The van der Waals surface area contributed by atoms with E-state index in [-0.39, 0.29) is 23.9 Å². The van der Waals surface area contributed by atoms with Gasteiger partial charge in [0.25, 0.3) is 11.5 Å². The Morgan fingerprint density at radius 1 is 1.00 bits per heavy atom. The number of aryl methyl sites for hydroxylation is 2. The van der Waals surface area contributed by atoms with Crippen molar-refractivity contribution in [2.75, 3.05) is 26.2 Å². The third kappa shape index (κ3) is 3.80. The van der Waals surface area contributed by atoms with Gasteiger partial charge in [0.2, 0.25) is 5.91 Å². The summed E-state index contributed by atoms with van der Waals surface area (Å²) in [6.07, 6.45) is 0. The quantitative estimate of drug-likeness (QED) is 0.662. The molecule has 1 aliphatic heterocycles. The van der Waals surface area contributed by atoms with Gasteiger partial charge in [-0.15, -0.1) is 11.3 Å². The topological polar surface area (TPSA) is 75.5 Å². The van der Waals surface area contributed by atoms with Crippen molar-refractivity contribution in [1.29, 1.82) is 0 Å². The van der Waals surface area contributed by atoms with E-state index in [2.05, 4.69) is 4.98 Å². The van der Waals surface area contributed by atoms with Crippen LogP contribution >= 0.6 is 11.3 Å². The maximum Gasteiger partial charge on any atom is 0.264 e. The molecule has 1 aromatic carbocycles. The van der Waals surface area contributed by atoms with Gasteiger partial charge in [0.1, 0.15) is 12.4 Å². The highest BCUT2D eigenvalue weighted by Crippen LogP contribution is 2.18. The zero-order valence-electron chi connectivity index (χ0n) is 16.4. The summed E-state index contributed by atoms with van der Waals surface area (Å²) in [5, 5.41) is 0.507. The molecule has 1 aliphatic rings. The number of hydrogen-bond donors (Lipinski definition) is 0. The van der Waals surface area contributed by atoms with Crippen LogP contribution < -0.4 is 5.56 Å². The average Bonchev–Trinajstić information content (AvgIpc) is 3.17. The lowest BCUT2D eigenvalue weighted by Crippen LogP contribution is -2.51. The number of amides is 2. The van der Waals surface area contributed by atoms with Crippen molar-refractivity contribution in [2.45, 2.75) is 20.4 Å². The van der Waals surface area contributed by atoms with Crippen LogP contribution in [0.2, 0.25) is 0 Å². The molecular weight excluding hydrogens is 388 g/mol. The third-order valence-electron chi connectivity index (χ3n) is 5.22. The second kappa shape index (κ2) is 7.79. The van der Waals surface area contributed by atoms with Gasteiger partial charge >= 0.3 is 0 Å². The van der Waals surface area contributed by atoms with E-state index in [1.54, 1.807) is 34.9 Å². The number of para-hydroxylation sites is 1. The highest BCUT2D eigenvalue weighted by molar-refractivity contribution is 7.13. The molecule has 3 heterocycles. The second-order valence-corrected chi connectivity index (χ2v) is 8.44. The molecule has 150 valence electrons. The molecule has 1 fully saturated rings. The number of rotatable bonds is 3. The second-order valence-electron chi connectivity index (χ2n) is 7.15. The van der Waals surface area contributed by atoms with E-state index >= 15 is 0 Å². The Kier molecular flexibility index (Phi) is 5.19. The predicted molar refractivity (Wildman–Crippen MR) is 112 cm³/mol. The molecular formula is C21H22N4O3S.